The van der Waals surface area contributed by atoms with Crippen LogP contribution in [-0.2, 0) is 0 Å². The van der Waals surface area contributed by atoms with Crippen molar-refractivity contribution in [3.05, 3.63) is 12.7 Å². The number of hydrogen-bond donors (Lipinski definition) is 1. The lowest BCUT2D eigenvalue weighted by molar-refractivity contribution is -0.835. The predicted molar refractivity (Wildman–Crippen MR) is 110 cm³/mol. The molecule has 0 aromatic rings. The van der Waals surface area contributed by atoms with Crippen molar-refractivity contribution in [2.75, 3.05) is 32.8 Å². The first-order valence-corrected chi connectivity index (χ1v) is 10.9. The molecule has 0 saturated carbocycles. The van der Waals surface area contributed by atoms with Gasteiger partial charge in [0.15, 0.2) is 5.84 Å². The van der Waals surface area contributed by atoms with E-state index in [-0.39, 0.29) is 6.61 Å². The highest BCUT2D eigenvalue weighted by Gasteiger charge is 2.35. The van der Waals surface area contributed by atoms with E-state index in [2.05, 4.69) is 13.5 Å². The van der Waals surface area contributed by atoms with Crippen LogP contribution in [0, 0.1) is 0 Å². The topological polar surface area (TPSA) is 32.6 Å². The first-order valence-electron chi connectivity index (χ1n) is 10.9. The number of rotatable bonds is 17. The van der Waals surface area contributed by atoms with E-state index in [1.54, 1.807) is 0 Å². The largest absolute Gasteiger partial charge is 0.390 e. The molecule has 1 atom stereocenters. The van der Waals surface area contributed by atoms with Gasteiger partial charge in [0.25, 0.3) is 0 Å². The van der Waals surface area contributed by atoms with E-state index in [1.807, 2.05) is 6.08 Å². The SMILES string of the molecule is C=CCCCCCCCCCCCCCC1=NCC[N+]1(CC)CCO. The molecule has 1 heterocycles. The molecule has 3 nitrogen and oxygen atoms in total. The highest BCUT2D eigenvalue weighted by atomic mass is 16.3. The number of quaternary nitrogens is 1. The van der Waals surface area contributed by atoms with Crippen molar-refractivity contribution in [2.24, 2.45) is 4.99 Å². The summed E-state index contributed by atoms with van der Waals surface area (Å²) in [6, 6.07) is 0. The van der Waals surface area contributed by atoms with Crippen LogP contribution in [0.15, 0.2) is 17.6 Å². The zero-order valence-corrected chi connectivity index (χ0v) is 16.9. The van der Waals surface area contributed by atoms with Crippen LogP contribution in [0.5, 0.6) is 0 Å². The molecule has 146 valence electrons. The quantitative estimate of drug-likeness (QED) is 0.210. The third kappa shape index (κ3) is 9.01. The lowest BCUT2D eigenvalue weighted by Crippen LogP contribution is -2.52. The van der Waals surface area contributed by atoms with Crippen LogP contribution < -0.4 is 0 Å². The number of unbranched alkanes of at least 4 members (excludes halogenated alkanes) is 11. The molecule has 0 radical (unpaired) electrons. The Bertz CT molecular complexity index is 367. The molecular weight excluding hydrogens is 308 g/mol. The van der Waals surface area contributed by atoms with Gasteiger partial charge in [0.2, 0.25) is 0 Å². The Morgan fingerprint density at radius 1 is 0.960 bits per heavy atom. The summed E-state index contributed by atoms with van der Waals surface area (Å²) in [5.41, 5.74) is 0. The summed E-state index contributed by atoms with van der Waals surface area (Å²) in [6.45, 7) is 10.3. The van der Waals surface area contributed by atoms with Crippen molar-refractivity contribution in [1.29, 1.82) is 0 Å². The minimum absolute atomic E-state index is 0.279. The maximum Gasteiger partial charge on any atom is 0.198 e. The van der Waals surface area contributed by atoms with E-state index in [9.17, 15) is 5.11 Å². The number of aliphatic hydroxyl groups is 1. The maximum absolute atomic E-state index is 9.35. The summed E-state index contributed by atoms with van der Waals surface area (Å²) < 4.78 is 0.948. The Morgan fingerprint density at radius 2 is 1.52 bits per heavy atom. The highest BCUT2D eigenvalue weighted by Crippen LogP contribution is 2.20. The molecule has 1 aliphatic heterocycles. The number of amidine groups is 1. The lowest BCUT2D eigenvalue weighted by Gasteiger charge is -2.33. The van der Waals surface area contributed by atoms with Gasteiger partial charge in [-0.25, -0.2) is 4.99 Å². The predicted octanol–water partition coefficient (Wildman–Crippen LogP) is 5.48. The van der Waals surface area contributed by atoms with Crippen LogP contribution in [-0.4, -0.2) is 48.2 Å². The Labute approximate surface area is 156 Å². The Kier molecular flexibility index (Phi) is 13.0. The summed E-state index contributed by atoms with van der Waals surface area (Å²) >= 11 is 0. The van der Waals surface area contributed by atoms with Gasteiger partial charge in [-0.15, -0.1) is 6.58 Å². The van der Waals surface area contributed by atoms with Crippen molar-refractivity contribution >= 4 is 5.84 Å². The fourth-order valence-electron chi connectivity index (χ4n) is 4.06. The normalized spacial score (nSPS) is 20.0. The van der Waals surface area contributed by atoms with Gasteiger partial charge in [-0.3, -0.25) is 4.48 Å². The Balaban J connectivity index is 1.94. The number of nitrogens with zero attached hydrogens (tertiary/aromatic N) is 2. The lowest BCUT2D eigenvalue weighted by atomic mass is 10.0. The molecule has 1 aliphatic rings. The van der Waals surface area contributed by atoms with E-state index in [0.717, 1.165) is 37.1 Å². The molecular formula is C22H43N2O+. The number of aliphatic hydroxyl groups excluding tert-OH is 1. The smallest absolute Gasteiger partial charge is 0.198 e. The van der Waals surface area contributed by atoms with Gasteiger partial charge in [-0.05, 0) is 26.2 Å². The second-order valence-corrected chi connectivity index (χ2v) is 7.65. The number of hydrogen-bond acceptors (Lipinski definition) is 2. The molecule has 3 heteroatoms. The molecule has 0 fully saturated rings. The van der Waals surface area contributed by atoms with Gasteiger partial charge in [-0.2, -0.15) is 0 Å². The third-order valence-electron chi connectivity index (χ3n) is 5.81. The summed E-state index contributed by atoms with van der Waals surface area (Å²) in [7, 11) is 0. The molecule has 0 aliphatic carbocycles. The molecule has 0 amide bonds. The summed E-state index contributed by atoms with van der Waals surface area (Å²) in [4.78, 5) is 4.75. The monoisotopic (exact) mass is 351 g/mol. The fraction of sp³-hybridized carbons (Fsp3) is 0.864. The summed E-state index contributed by atoms with van der Waals surface area (Å²) in [5.74, 6) is 1.35. The van der Waals surface area contributed by atoms with Gasteiger partial charge in [0, 0.05) is 6.42 Å². The van der Waals surface area contributed by atoms with Gasteiger partial charge >= 0.3 is 0 Å². The van der Waals surface area contributed by atoms with Crippen LogP contribution in [0.25, 0.3) is 0 Å². The van der Waals surface area contributed by atoms with Crippen LogP contribution in [0.1, 0.15) is 90.4 Å². The van der Waals surface area contributed by atoms with E-state index in [4.69, 9.17) is 4.99 Å². The standard InChI is InChI=1S/C22H43N2O/c1-3-5-6-7-8-9-10-11-12-13-14-15-16-17-22-23-18-19-24(22,4-2)20-21-25/h3,25H,1,4-21H2,2H3/q+1. The van der Waals surface area contributed by atoms with Gasteiger partial charge in [0.05, 0.1) is 19.7 Å². The van der Waals surface area contributed by atoms with Crippen LogP contribution in [0.4, 0.5) is 0 Å². The zero-order chi connectivity index (χ0) is 18.2. The van der Waals surface area contributed by atoms with E-state index >= 15 is 0 Å². The summed E-state index contributed by atoms with van der Waals surface area (Å²) in [6.07, 6.45) is 19.5. The second kappa shape index (κ2) is 14.5. The second-order valence-electron chi connectivity index (χ2n) is 7.65. The van der Waals surface area contributed by atoms with E-state index in [1.165, 1.54) is 82.9 Å². The average Bonchev–Trinajstić information content (AvgIpc) is 3.02. The first-order chi connectivity index (χ1) is 12.3. The third-order valence-corrected chi connectivity index (χ3v) is 5.81. The van der Waals surface area contributed by atoms with Crippen molar-refractivity contribution in [1.82, 2.24) is 0 Å². The fourth-order valence-corrected chi connectivity index (χ4v) is 4.06. The van der Waals surface area contributed by atoms with Crippen molar-refractivity contribution in [3.8, 4) is 0 Å². The van der Waals surface area contributed by atoms with Gasteiger partial charge in [-0.1, -0.05) is 63.9 Å². The molecule has 0 aromatic heterocycles. The summed E-state index contributed by atoms with van der Waals surface area (Å²) in [5, 5.41) is 9.35. The number of likely N-dealkylation sites (N-methyl/N-ethyl adjacent to an activating group) is 1. The molecule has 1 unspecified atom stereocenters. The minimum Gasteiger partial charge on any atom is -0.390 e. The minimum atomic E-state index is 0.279. The molecule has 0 spiro atoms. The van der Waals surface area contributed by atoms with Gasteiger partial charge < -0.3 is 5.11 Å². The molecule has 0 aromatic carbocycles. The highest BCUT2D eigenvalue weighted by molar-refractivity contribution is 5.76. The zero-order valence-electron chi connectivity index (χ0n) is 16.9. The Hall–Kier alpha value is -0.670. The van der Waals surface area contributed by atoms with Gasteiger partial charge in [0.1, 0.15) is 13.1 Å². The number of allylic oxidation sites excluding steroid dienone is 1. The van der Waals surface area contributed by atoms with Crippen molar-refractivity contribution < 1.29 is 9.59 Å². The van der Waals surface area contributed by atoms with Crippen molar-refractivity contribution in [2.45, 2.75) is 90.4 Å². The average molecular weight is 352 g/mol. The molecule has 0 saturated heterocycles. The van der Waals surface area contributed by atoms with Crippen LogP contribution in [0.2, 0.25) is 0 Å². The number of aliphatic imine (C=N–C) groups is 1. The molecule has 0 bridgehead atoms. The van der Waals surface area contributed by atoms with E-state index < -0.39 is 0 Å². The first kappa shape index (κ1) is 22.4. The van der Waals surface area contributed by atoms with Crippen LogP contribution in [0.3, 0.4) is 0 Å². The van der Waals surface area contributed by atoms with Crippen molar-refractivity contribution in [3.63, 3.8) is 0 Å². The molecule has 1 rings (SSSR count). The van der Waals surface area contributed by atoms with Crippen LogP contribution >= 0.6 is 0 Å². The Morgan fingerprint density at radius 3 is 2.04 bits per heavy atom. The van der Waals surface area contributed by atoms with E-state index in [0.29, 0.717) is 0 Å². The molecule has 25 heavy (non-hydrogen) atoms. The molecule has 1 N–H and O–H groups in total. The maximum atomic E-state index is 9.35.